The number of carbonyl (C=O) groups excluding carboxylic acids is 1. The Morgan fingerprint density at radius 1 is 1.03 bits per heavy atom. The first-order chi connectivity index (χ1) is 15.9. The number of hydrogen-bond donors (Lipinski definition) is 1. The Kier molecular flexibility index (Phi) is 4.94. The highest BCUT2D eigenvalue weighted by Crippen LogP contribution is 2.43. The van der Waals surface area contributed by atoms with Crippen LogP contribution in [0.15, 0.2) is 36.4 Å². The first kappa shape index (κ1) is 20.7. The molecule has 7 rings (SSSR count). The number of nitrogens with one attached hydrogen (secondary N) is 1. The highest BCUT2D eigenvalue weighted by atomic mass is 19.3. The van der Waals surface area contributed by atoms with Gasteiger partial charge in [0.05, 0.1) is 6.04 Å². The second-order valence-corrected chi connectivity index (χ2v) is 9.41. The van der Waals surface area contributed by atoms with Gasteiger partial charge in [-0.25, -0.2) is 4.79 Å². The van der Waals surface area contributed by atoms with Crippen LogP contribution < -0.4 is 14.8 Å². The van der Waals surface area contributed by atoms with E-state index in [9.17, 15) is 13.6 Å². The summed E-state index contributed by atoms with van der Waals surface area (Å²) in [5.74, 6) is 0.543. The molecule has 5 aliphatic rings. The van der Waals surface area contributed by atoms with E-state index in [0.717, 1.165) is 74.0 Å². The molecule has 33 heavy (non-hydrogen) atoms. The third-order valence-electron chi connectivity index (χ3n) is 7.34. The van der Waals surface area contributed by atoms with Crippen LogP contribution in [0, 0.1) is 5.92 Å². The van der Waals surface area contributed by atoms with Gasteiger partial charge in [-0.2, -0.15) is 0 Å². The second-order valence-electron chi connectivity index (χ2n) is 9.41. The van der Waals surface area contributed by atoms with Crippen molar-refractivity contribution in [3.63, 3.8) is 0 Å². The molecule has 0 saturated carbocycles. The van der Waals surface area contributed by atoms with Crippen molar-refractivity contribution in [1.29, 1.82) is 0 Å². The molecule has 0 spiro atoms. The van der Waals surface area contributed by atoms with Gasteiger partial charge in [0.15, 0.2) is 11.5 Å². The standard InChI is InChI=1S/C25H26F2N2O4/c26-25(27)32-21-7-5-17(13-22(21)33-25)16-4-6-19-18(12-16)2-1-3-20(19)28-24(30)31-23-14-29-10-8-15(23)9-11-29/h4-7,12-13,15,20,23H,1-3,8-11,14H2,(H,28,30)/t20?,23-/m1/s1. The minimum absolute atomic E-state index is 0.0173. The van der Waals surface area contributed by atoms with Gasteiger partial charge in [0.25, 0.3) is 0 Å². The molecule has 2 bridgehead atoms. The minimum Gasteiger partial charge on any atom is -0.445 e. The van der Waals surface area contributed by atoms with E-state index in [1.54, 1.807) is 12.1 Å². The zero-order valence-corrected chi connectivity index (χ0v) is 18.2. The Morgan fingerprint density at radius 3 is 2.58 bits per heavy atom. The van der Waals surface area contributed by atoms with Crippen molar-refractivity contribution in [3.8, 4) is 22.6 Å². The first-order valence-electron chi connectivity index (χ1n) is 11.7. The number of carbonyl (C=O) groups is 1. The molecule has 1 N–H and O–H groups in total. The van der Waals surface area contributed by atoms with Gasteiger partial charge in [-0.05, 0) is 85.5 Å². The van der Waals surface area contributed by atoms with Crippen LogP contribution in [0.3, 0.4) is 0 Å². The Morgan fingerprint density at radius 2 is 1.79 bits per heavy atom. The van der Waals surface area contributed by atoms with Crippen LogP contribution in [0.25, 0.3) is 11.1 Å². The maximum Gasteiger partial charge on any atom is 0.586 e. The highest BCUT2D eigenvalue weighted by Gasteiger charge is 2.43. The topological polar surface area (TPSA) is 60.0 Å². The van der Waals surface area contributed by atoms with Gasteiger partial charge in [-0.1, -0.05) is 24.3 Å². The van der Waals surface area contributed by atoms with Crippen LogP contribution in [0.1, 0.15) is 42.9 Å². The number of benzene rings is 2. The van der Waals surface area contributed by atoms with Crippen LogP contribution >= 0.6 is 0 Å². The van der Waals surface area contributed by atoms with Gasteiger partial charge in [-0.15, -0.1) is 8.78 Å². The van der Waals surface area contributed by atoms with Crippen LogP contribution in [0.4, 0.5) is 13.6 Å². The Labute approximate surface area is 190 Å². The number of alkyl carbamates (subject to hydrolysis) is 1. The molecule has 0 radical (unpaired) electrons. The number of aryl methyl sites for hydroxylation is 1. The zero-order chi connectivity index (χ0) is 22.6. The zero-order valence-electron chi connectivity index (χ0n) is 18.2. The Bertz CT molecular complexity index is 1080. The smallest absolute Gasteiger partial charge is 0.445 e. The predicted octanol–water partition coefficient (Wildman–Crippen LogP) is 4.87. The van der Waals surface area contributed by atoms with E-state index in [1.165, 1.54) is 6.07 Å². The van der Waals surface area contributed by atoms with Crippen LogP contribution in [0.5, 0.6) is 11.5 Å². The number of alkyl halides is 2. The van der Waals surface area contributed by atoms with Gasteiger partial charge in [0.2, 0.25) is 0 Å². The fourth-order valence-electron chi connectivity index (χ4n) is 5.63. The molecular weight excluding hydrogens is 430 g/mol. The molecule has 4 heterocycles. The number of halogens is 2. The van der Waals surface area contributed by atoms with Gasteiger partial charge in [0, 0.05) is 6.54 Å². The van der Waals surface area contributed by atoms with Crippen LogP contribution in [0.2, 0.25) is 0 Å². The van der Waals surface area contributed by atoms with Crippen molar-refractivity contribution in [1.82, 2.24) is 10.2 Å². The van der Waals surface area contributed by atoms with Crippen LogP contribution in [-0.2, 0) is 11.2 Å². The third kappa shape index (κ3) is 4.01. The summed E-state index contributed by atoms with van der Waals surface area (Å²) in [5, 5.41) is 3.08. The normalized spacial score (nSPS) is 28.8. The summed E-state index contributed by atoms with van der Waals surface area (Å²) in [6.45, 7) is 3.05. The molecule has 1 amide bonds. The summed E-state index contributed by atoms with van der Waals surface area (Å²) in [6, 6.07) is 10.8. The molecule has 2 atom stereocenters. The molecule has 3 fully saturated rings. The maximum atomic E-state index is 13.3. The monoisotopic (exact) mass is 456 g/mol. The molecule has 174 valence electrons. The van der Waals surface area contributed by atoms with E-state index in [-0.39, 0.29) is 29.7 Å². The van der Waals surface area contributed by atoms with E-state index < -0.39 is 6.29 Å². The SMILES string of the molecule is O=C(NC1CCCc2cc(-c3ccc4c(c3)OC(F)(F)O4)ccc21)O[C@@H]1CN2CCC1CC2. The fraction of sp³-hybridized carbons (Fsp3) is 0.480. The average Bonchev–Trinajstić information content (AvgIpc) is 3.12. The van der Waals surface area contributed by atoms with Crippen molar-refractivity contribution < 1.29 is 27.8 Å². The number of nitrogens with zero attached hydrogens (tertiary/aromatic N) is 1. The molecule has 3 saturated heterocycles. The molecule has 8 heteroatoms. The molecule has 4 aliphatic heterocycles. The number of piperidine rings is 3. The summed E-state index contributed by atoms with van der Waals surface area (Å²) >= 11 is 0. The van der Waals surface area contributed by atoms with E-state index in [2.05, 4.69) is 25.8 Å². The number of ether oxygens (including phenoxy) is 3. The molecular formula is C25H26F2N2O4. The Balaban J connectivity index is 1.16. The lowest BCUT2D eigenvalue weighted by atomic mass is 9.85. The summed E-state index contributed by atoms with van der Waals surface area (Å²) in [7, 11) is 0. The molecule has 1 aliphatic carbocycles. The number of amides is 1. The van der Waals surface area contributed by atoms with Gasteiger partial charge in [-0.3, -0.25) is 4.90 Å². The quantitative estimate of drug-likeness (QED) is 0.714. The molecule has 0 aromatic heterocycles. The van der Waals surface area contributed by atoms with Crippen LogP contribution in [-0.4, -0.2) is 43.0 Å². The lowest BCUT2D eigenvalue weighted by Gasteiger charge is -2.44. The minimum atomic E-state index is -3.63. The van der Waals surface area contributed by atoms with Crippen molar-refractivity contribution in [2.45, 2.75) is 50.5 Å². The summed E-state index contributed by atoms with van der Waals surface area (Å²) < 4.78 is 41.6. The molecule has 2 aromatic rings. The van der Waals surface area contributed by atoms with Crippen molar-refractivity contribution in [3.05, 3.63) is 47.5 Å². The lowest BCUT2D eigenvalue weighted by Crippen LogP contribution is -2.52. The van der Waals surface area contributed by atoms with E-state index in [0.29, 0.717) is 5.92 Å². The van der Waals surface area contributed by atoms with E-state index in [1.807, 2.05) is 12.1 Å². The molecule has 6 nitrogen and oxygen atoms in total. The summed E-state index contributed by atoms with van der Waals surface area (Å²) in [5.41, 5.74) is 3.92. The van der Waals surface area contributed by atoms with Gasteiger partial charge in [0.1, 0.15) is 6.10 Å². The first-order valence-corrected chi connectivity index (χ1v) is 11.7. The Hall–Kier alpha value is -2.87. The highest BCUT2D eigenvalue weighted by molar-refractivity contribution is 5.70. The number of rotatable bonds is 3. The third-order valence-corrected chi connectivity index (χ3v) is 7.34. The fourth-order valence-corrected chi connectivity index (χ4v) is 5.63. The van der Waals surface area contributed by atoms with E-state index in [4.69, 9.17) is 4.74 Å². The van der Waals surface area contributed by atoms with Gasteiger partial charge < -0.3 is 19.5 Å². The largest absolute Gasteiger partial charge is 0.586 e. The number of fused-ring (bicyclic) bond motifs is 5. The van der Waals surface area contributed by atoms with Crippen molar-refractivity contribution in [2.75, 3.05) is 19.6 Å². The lowest BCUT2D eigenvalue weighted by molar-refractivity contribution is -0.286. The molecule has 1 unspecified atom stereocenters. The number of hydrogen-bond acceptors (Lipinski definition) is 5. The van der Waals surface area contributed by atoms with E-state index >= 15 is 0 Å². The second kappa shape index (κ2) is 7.87. The maximum absolute atomic E-state index is 13.3. The van der Waals surface area contributed by atoms with Crippen molar-refractivity contribution >= 4 is 6.09 Å². The summed E-state index contributed by atoms with van der Waals surface area (Å²) in [4.78, 5) is 15.0. The molecule has 2 aromatic carbocycles. The summed E-state index contributed by atoms with van der Waals surface area (Å²) in [6.07, 6.45) is 0.936. The average molecular weight is 456 g/mol. The van der Waals surface area contributed by atoms with Gasteiger partial charge >= 0.3 is 12.4 Å². The van der Waals surface area contributed by atoms with Crippen molar-refractivity contribution in [2.24, 2.45) is 5.92 Å². The predicted molar refractivity (Wildman–Crippen MR) is 116 cm³/mol.